The van der Waals surface area contributed by atoms with Gasteiger partial charge in [0.1, 0.15) is 11.5 Å². The van der Waals surface area contributed by atoms with E-state index in [0.717, 1.165) is 57.4 Å². The molecule has 0 saturated carbocycles. The molecule has 8 heteroatoms. The number of aromatic nitrogens is 3. The number of piperidine rings is 2. The molecule has 1 unspecified atom stereocenters. The summed E-state index contributed by atoms with van der Waals surface area (Å²) in [5.41, 5.74) is 1.32. The second-order valence-corrected chi connectivity index (χ2v) is 7.96. The summed E-state index contributed by atoms with van der Waals surface area (Å²) in [6.45, 7) is 4.07. The largest absolute Gasteiger partial charge is 0.507 e. The molecule has 4 rings (SSSR count). The minimum atomic E-state index is -0.00762. The van der Waals surface area contributed by atoms with Crippen molar-refractivity contribution >= 4 is 5.91 Å². The Hall–Kier alpha value is -2.61. The van der Waals surface area contributed by atoms with Gasteiger partial charge in [0.05, 0.1) is 19.3 Å². The van der Waals surface area contributed by atoms with Crippen LogP contribution in [0.5, 0.6) is 11.5 Å². The van der Waals surface area contributed by atoms with E-state index >= 15 is 0 Å². The number of ether oxygens (including phenoxy) is 1. The molecule has 2 aliphatic heterocycles. The molecule has 0 aliphatic carbocycles. The Kier molecular flexibility index (Phi) is 5.99. The number of methoxy groups -OCH3 is 1. The fourth-order valence-corrected chi connectivity index (χ4v) is 4.25. The molecule has 1 amide bonds. The molecule has 0 spiro atoms. The van der Waals surface area contributed by atoms with Crippen molar-refractivity contribution in [2.45, 2.75) is 44.7 Å². The van der Waals surface area contributed by atoms with Gasteiger partial charge in [0, 0.05) is 37.8 Å². The summed E-state index contributed by atoms with van der Waals surface area (Å²) in [5, 5.41) is 18.7. The van der Waals surface area contributed by atoms with Gasteiger partial charge in [-0.25, -0.2) is 4.68 Å². The zero-order chi connectivity index (χ0) is 20.2. The van der Waals surface area contributed by atoms with Crippen LogP contribution in [0.15, 0.2) is 24.4 Å². The van der Waals surface area contributed by atoms with Crippen molar-refractivity contribution in [3.8, 4) is 11.5 Å². The summed E-state index contributed by atoms with van der Waals surface area (Å²) in [7, 11) is 1.59. The molecule has 29 heavy (non-hydrogen) atoms. The predicted octanol–water partition coefficient (Wildman–Crippen LogP) is 2.46. The molecule has 2 aromatic rings. The van der Waals surface area contributed by atoms with E-state index < -0.39 is 0 Å². The predicted molar refractivity (Wildman–Crippen MR) is 108 cm³/mol. The molecule has 2 aliphatic rings. The highest BCUT2D eigenvalue weighted by Crippen LogP contribution is 2.27. The topological polar surface area (TPSA) is 83.7 Å². The summed E-state index contributed by atoms with van der Waals surface area (Å²) < 4.78 is 7.00. The minimum absolute atomic E-state index is 0.00762. The van der Waals surface area contributed by atoms with Gasteiger partial charge >= 0.3 is 0 Å². The molecule has 8 nitrogen and oxygen atoms in total. The average molecular weight is 399 g/mol. The van der Waals surface area contributed by atoms with Gasteiger partial charge in [-0.1, -0.05) is 11.3 Å². The molecule has 1 aromatic carbocycles. The Morgan fingerprint density at radius 3 is 2.79 bits per heavy atom. The summed E-state index contributed by atoms with van der Waals surface area (Å²) in [6, 6.07) is 5.60. The van der Waals surface area contributed by atoms with Crippen LogP contribution in [0.3, 0.4) is 0 Å². The highest BCUT2D eigenvalue weighted by molar-refractivity contribution is 5.91. The van der Waals surface area contributed by atoms with Crippen molar-refractivity contribution in [1.29, 1.82) is 0 Å². The van der Waals surface area contributed by atoms with Crippen LogP contribution in [0.1, 0.15) is 54.2 Å². The Morgan fingerprint density at radius 2 is 2.03 bits per heavy atom. The van der Waals surface area contributed by atoms with Crippen LogP contribution in [0.2, 0.25) is 0 Å². The average Bonchev–Trinajstić information content (AvgIpc) is 3.26. The Bertz CT molecular complexity index is 847. The maximum atomic E-state index is 12.7. The number of hydrogen-bond acceptors (Lipinski definition) is 6. The summed E-state index contributed by atoms with van der Waals surface area (Å²) >= 11 is 0. The molecule has 0 bridgehead atoms. The third-order valence-electron chi connectivity index (χ3n) is 5.91. The van der Waals surface area contributed by atoms with Crippen molar-refractivity contribution in [3.63, 3.8) is 0 Å². The Morgan fingerprint density at radius 1 is 1.21 bits per heavy atom. The van der Waals surface area contributed by atoms with Gasteiger partial charge in [-0.05, 0) is 44.7 Å². The van der Waals surface area contributed by atoms with Crippen molar-refractivity contribution < 1.29 is 14.6 Å². The standard InChI is InChI=1S/C21H29N5O3/c1-29-18-8-7-16(20(27)12-18)13-24-9-5-6-17(14-24)26-15-19(22-23-26)21(28)25-10-3-2-4-11-25/h7-8,12,15,17,27H,2-6,9-11,13-14H2,1H3. The first-order valence-corrected chi connectivity index (χ1v) is 10.4. The molecular formula is C21H29N5O3. The fraction of sp³-hybridized carbons (Fsp3) is 0.571. The number of phenols is 1. The lowest BCUT2D eigenvalue weighted by atomic mass is 10.0. The lowest BCUT2D eigenvalue weighted by Gasteiger charge is -2.32. The summed E-state index contributed by atoms with van der Waals surface area (Å²) in [5.74, 6) is 0.893. The van der Waals surface area contributed by atoms with E-state index in [-0.39, 0.29) is 17.7 Å². The molecule has 2 fully saturated rings. The molecule has 156 valence electrons. The highest BCUT2D eigenvalue weighted by atomic mass is 16.5. The lowest BCUT2D eigenvalue weighted by molar-refractivity contribution is 0.0718. The second kappa shape index (κ2) is 8.82. The van der Waals surface area contributed by atoms with Gasteiger partial charge in [0.25, 0.3) is 5.91 Å². The molecule has 2 saturated heterocycles. The summed E-state index contributed by atoms with van der Waals surface area (Å²) in [6.07, 6.45) is 7.17. The zero-order valence-electron chi connectivity index (χ0n) is 17.0. The van der Waals surface area contributed by atoms with Crippen LogP contribution in [0, 0.1) is 0 Å². The van der Waals surface area contributed by atoms with Crippen LogP contribution >= 0.6 is 0 Å². The van der Waals surface area contributed by atoms with E-state index in [1.807, 2.05) is 21.7 Å². The van der Waals surface area contributed by atoms with Crippen LogP contribution in [-0.4, -0.2) is 69.1 Å². The van der Waals surface area contributed by atoms with E-state index in [2.05, 4.69) is 15.2 Å². The molecule has 3 heterocycles. The smallest absolute Gasteiger partial charge is 0.276 e. The minimum Gasteiger partial charge on any atom is -0.507 e. The van der Waals surface area contributed by atoms with Crippen LogP contribution in [-0.2, 0) is 6.54 Å². The zero-order valence-corrected chi connectivity index (χ0v) is 17.0. The monoisotopic (exact) mass is 399 g/mol. The molecule has 1 N–H and O–H groups in total. The third-order valence-corrected chi connectivity index (χ3v) is 5.91. The van der Waals surface area contributed by atoms with Crippen molar-refractivity contribution in [3.05, 3.63) is 35.7 Å². The van der Waals surface area contributed by atoms with Crippen molar-refractivity contribution in [1.82, 2.24) is 24.8 Å². The van der Waals surface area contributed by atoms with E-state index in [0.29, 0.717) is 18.0 Å². The quantitative estimate of drug-likeness (QED) is 0.832. The first-order chi connectivity index (χ1) is 14.1. The van der Waals surface area contributed by atoms with E-state index in [1.54, 1.807) is 19.4 Å². The number of amides is 1. The molecular weight excluding hydrogens is 370 g/mol. The lowest BCUT2D eigenvalue weighted by Crippen LogP contribution is -2.36. The number of carbonyl (C=O) groups excluding carboxylic acids is 1. The van der Waals surface area contributed by atoms with Gasteiger partial charge < -0.3 is 14.7 Å². The van der Waals surface area contributed by atoms with Gasteiger partial charge in [0.2, 0.25) is 0 Å². The second-order valence-electron chi connectivity index (χ2n) is 7.96. The maximum Gasteiger partial charge on any atom is 0.276 e. The number of nitrogens with zero attached hydrogens (tertiary/aromatic N) is 5. The van der Waals surface area contributed by atoms with E-state index in [1.165, 1.54) is 6.42 Å². The molecule has 0 radical (unpaired) electrons. The first kappa shape index (κ1) is 19.7. The number of carbonyl (C=O) groups is 1. The number of phenolic OH excluding ortho intramolecular Hbond substituents is 1. The first-order valence-electron chi connectivity index (χ1n) is 10.4. The normalized spacial score (nSPS) is 20.6. The van der Waals surface area contributed by atoms with E-state index in [9.17, 15) is 9.90 Å². The highest BCUT2D eigenvalue weighted by Gasteiger charge is 2.26. The number of benzene rings is 1. The third kappa shape index (κ3) is 4.53. The van der Waals surface area contributed by atoms with Crippen LogP contribution in [0.4, 0.5) is 0 Å². The molecule has 1 aromatic heterocycles. The number of likely N-dealkylation sites (tertiary alicyclic amines) is 2. The van der Waals surface area contributed by atoms with Gasteiger partial charge in [-0.2, -0.15) is 0 Å². The van der Waals surface area contributed by atoms with Crippen molar-refractivity contribution in [2.75, 3.05) is 33.3 Å². The summed E-state index contributed by atoms with van der Waals surface area (Å²) in [4.78, 5) is 16.8. The van der Waals surface area contributed by atoms with Gasteiger partial charge in [-0.15, -0.1) is 5.10 Å². The Balaban J connectivity index is 1.40. The fourth-order valence-electron chi connectivity index (χ4n) is 4.25. The van der Waals surface area contributed by atoms with Gasteiger partial charge in [-0.3, -0.25) is 9.69 Å². The van der Waals surface area contributed by atoms with Crippen molar-refractivity contribution in [2.24, 2.45) is 0 Å². The number of rotatable bonds is 5. The SMILES string of the molecule is COc1ccc(CN2CCCC(n3cc(C(=O)N4CCCCC4)nn3)C2)c(O)c1. The Labute approximate surface area is 171 Å². The number of aromatic hydroxyl groups is 1. The number of hydrogen-bond donors (Lipinski definition) is 1. The van der Waals surface area contributed by atoms with E-state index in [4.69, 9.17) is 4.74 Å². The maximum absolute atomic E-state index is 12.7. The van der Waals surface area contributed by atoms with Gasteiger partial charge in [0.15, 0.2) is 5.69 Å². The molecule has 1 atom stereocenters. The van der Waals surface area contributed by atoms with Crippen LogP contribution < -0.4 is 4.74 Å². The van der Waals surface area contributed by atoms with Crippen LogP contribution in [0.25, 0.3) is 0 Å².